The van der Waals surface area contributed by atoms with Gasteiger partial charge in [0.1, 0.15) is 0 Å². The Hall–Kier alpha value is -2.36. The fourth-order valence-electron chi connectivity index (χ4n) is 5.61. The average molecular weight is 539 g/mol. The summed E-state index contributed by atoms with van der Waals surface area (Å²) in [5.74, 6) is -7.13. The molecule has 3 aromatic carbocycles. The minimum absolute atomic E-state index is 0.0621. The summed E-state index contributed by atoms with van der Waals surface area (Å²) in [6.07, 6.45) is 1.46. The highest BCUT2D eigenvalue weighted by Crippen LogP contribution is 2.71. The van der Waals surface area contributed by atoms with E-state index in [1.54, 1.807) is 91.0 Å². The largest absolute Gasteiger partial charge is 0.432 e. The molecule has 0 spiro atoms. The van der Waals surface area contributed by atoms with Gasteiger partial charge >= 0.3 is 21.3 Å². The third-order valence-electron chi connectivity index (χ3n) is 7.32. The second-order valence-electron chi connectivity index (χ2n) is 9.44. The van der Waals surface area contributed by atoms with Crippen LogP contribution in [0.1, 0.15) is 25.7 Å². The number of alkyl halides is 4. The summed E-state index contributed by atoms with van der Waals surface area (Å²) in [7, 11) is -9.49. The second kappa shape index (κ2) is 9.19. The molecule has 0 heterocycles. The van der Waals surface area contributed by atoms with Crippen molar-refractivity contribution < 1.29 is 29.6 Å². The maximum absolute atomic E-state index is 15.6. The Morgan fingerprint density at radius 2 is 1.11 bits per heavy atom. The van der Waals surface area contributed by atoms with E-state index >= 15 is 17.6 Å². The van der Waals surface area contributed by atoms with Crippen molar-refractivity contribution in [2.75, 3.05) is 0 Å². The van der Waals surface area contributed by atoms with Gasteiger partial charge in [-0.15, -0.1) is 0 Å². The van der Waals surface area contributed by atoms with Gasteiger partial charge in [0.05, 0.1) is 0 Å². The zero-order chi connectivity index (χ0) is 25.6. The van der Waals surface area contributed by atoms with E-state index in [9.17, 15) is 8.42 Å². The van der Waals surface area contributed by atoms with Crippen molar-refractivity contribution in [3.05, 3.63) is 91.0 Å². The molecule has 0 aromatic heterocycles. The van der Waals surface area contributed by atoms with Gasteiger partial charge < -0.3 is 0 Å². The van der Waals surface area contributed by atoms with Crippen LogP contribution in [0.5, 0.6) is 0 Å². The number of hydrogen-bond acceptors (Lipinski definition) is 3. The third-order valence-corrected chi connectivity index (χ3v) is 12.6. The van der Waals surface area contributed by atoms with Crippen LogP contribution in [0, 0.1) is 17.8 Å². The van der Waals surface area contributed by atoms with Crippen LogP contribution in [0.25, 0.3) is 0 Å². The number of halogens is 4. The highest BCUT2D eigenvalue weighted by molar-refractivity contribution is 8.33. The molecule has 2 aliphatic rings. The van der Waals surface area contributed by atoms with Crippen LogP contribution in [0.15, 0.2) is 106 Å². The predicted molar refractivity (Wildman–Crippen MR) is 131 cm³/mol. The fourth-order valence-corrected chi connectivity index (χ4v) is 10.9. The molecule has 36 heavy (non-hydrogen) atoms. The van der Waals surface area contributed by atoms with Gasteiger partial charge in [0.2, 0.25) is 0 Å². The highest BCUT2D eigenvalue weighted by Gasteiger charge is 2.73. The monoisotopic (exact) mass is 538 g/mol. The third kappa shape index (κ3) is 3.96. The van der Waals surface area contributed by atoms with Gasteiger partial charge in [-0.1, -0.05) is 61.0 Å². The molecular formula is C27H26F4O3S2. The zero-order valence-corrected chi connectivity index (χ0v) is 20.9. The first-order valence-electron chi connectivity index (χ1n) is 11.8. The molecule has 3 nitrogen and oxygen atoms in total. The van der Waals surface area contributed by atoms with Crippen LogP contribution in [0.3, 0.4) is 0 Å². The van der Waals surface area contributed by atoms with E-state index in [1.807, 2.05) is 0 Å². The SMILES string of the molecule is O=S(=O)(OS(c1ccccc1)(c1ccccc1)c1ccccc1)C(F)(F)C(F)(F)C1CC2CCC1C2. The van der Waals surface area contributed by atoms with Gasteiger partial charge in [-0.25, -0.2) is 3.63 Å². The smallest absolute Gasteiger partial charge is 0.202 e. The molecule has 0 N–H and O–H groups in total. The number of benzene rings is 3. The summed E-state index contributed by atoms with van der Waals surface area (Å²) in [6.45, 7) is 0. The molecule has 3 atom stereocenters. The quantitative estimate of drug-likeness (QED) is 0.274. The molecule has 5 rings (SSSR count). The molecule has 3 unspecified atom stereocenters. The number of hydrogen-bond donors (Lipinski definition) is 0. The summed E-state index contributed by atoms with van der Waals surface area (Å²) >= 11 is 0. The maximum Gasteiger partial charge on any atom is 0.432 e. The van der Waals surface area contributed by atoms with E-state index in [2.05, 4.69) is 0 Å². The maximum atomic E-state index is 15.6. The summed E-state index contributed by atoms with van der Waals surface area (Å²) in [6, 6.07) is 24.2. The Morgan fingerprint density at radius 1 is 0.667 bits per heavy atom. The summed E-state index contributed by atoms with van der Waals surface area (Å²) in [4.78, 5) is 0.889. The molecule has 0 radical (unpaired) electrons. The van der Waals surface area contributed by atoms with Crippen LogP contribution < -0.4 is 0 Å². The van der Waals surface area contributed by atoms with E-state index in [1.165, 1.54) is 0 Å². The minimum atomic E-state index is -6.12. The van der Waals surface area contributed by atoms with Gasteiger partial charge in [-0.3, -0.25) is 0 Å². The first-order chi connectivity index (χ1) is 17.1. The van der Waals surface area contributed by atoms with E-state index < -0.39 is 43.4 Å². The normalized spacial score (nSPS) is 23.1. The van der Waals surface area contributed by atoms with Gasteiger partial charge in [-0.2, -0.15) is 26.0 Å². The van der Waals surface area contributed by atoms with Crippen molar-refractivity contribution in [1.82, 2.24) is 0 Å². The topological polar surface area (TPSA) is 43.4 Å². The second-order valence-corrected chi connectivity index (χ2v) is 13.9. The Morgan fingerprint density at radius 3 is 1.47 bits per heavy atom. The predicted octanol–water partition coefficient (Wildman–Crippen LogP) is 7.89. The molecule has 0 aliphatic heterocycles. The lowest BCUT2D eigenvalue weighted by atomic mass is 9.84. The van der Waals surface area contributed by atoms with Gasteiger partial charge in [0.15, 0.2) is 0 Å². The molecule has 2 bridgehead atoms. The Balaban J connectivity index is 1.66. The van der Waals surface area contributed by atoms with Gasteiger partial charge in [0.25, 0.3) is 0 Å². The molecule has 2 aliphatic carbocycles. The molecular weight excluding hydrogens is 512 g/mol. The molecule has 0 amide bonds. The van der Waals surface area contributed by atoms with Crippen LogP contribution in [0.2, 0.25) is 0 Å². The zero-order valence-electron chi connectivity index (χ0n) is 19.3. The lowest BCUT2D eigenvalue weighted by Crippen LogP contribution is -2.53. The van der Waals surface area contributed by atoms with Gasteiger partial charge in [0, 0.05) is 20.6 Å². The van der Waals surface area contributed by atoms with Crippen molar-refractivity contribution in [3.63, 3.8) is 0 Å². The van der Waals surface area contributed by atoms with Crippen molar-refractivity contribution in [1.29, 1.82) is 0 Å². The highest BCUT2D eigenvalue weighted by atomic mass is 32.3. The van der Waals surface area contributed by atoms with Crippen molar-refractivity contribution >= 4 is 20.4 Å². The van der Waals surface area contributed by atoms with E-state index in [4.69, 9.17) is 3.63 Å². The standard InChI is InChI=1S/C27H26F4O3S2/c28-26(29,25-19-20-16-17-21(25)18-20)27(30,31)36(32,33)34-35(22-10-4-1-5-11-22,23-12-6-2-7-13-23)24-14-8-3-9-15-24/h1-15,20-21,25H,16-19H2. The number of rotatable bonds is 8. The van der Waals surface area contributed by atoms with Crippen molar-refractivity contribution in [2.24, 2.45) is 17.8 Å². The van der Waals surface area contributed by atoms with E-state index in [0.29, 0.717) is 27.5 Å². The average Bonchev–Trinajstić information content (AvgIpc) is 3.53. The minimum Gasteiger partial charge on any atom is -0.202 e. The molecule has 9 heteroatoms. The van der Waals surface area contributed by atoms with Crippen LogP contribution in [-0.4, -0.2) is 19.6 Å². The lowest BCUT2D eigenvalue weighted by molar-refractivity contribution is -0.202. The van der Waals surface area contributed by atoms with E-state index in [-0.39, 0.29) is 12.3 Å². The molecule has 192 valence electrons. The first-order valence-corrected chi connectivity index (χ1v) is 14.8. The van der Waals surface area contributed by atoms with Crippen LogP contribution in [-0.2, 0) is 13.7 Å². The molecule has 2 fully saturated rings. The van der Waals surface area contributed by atoms with Crippen molar-refractivity contribution in [3.8, 4) is 0 Å². The van der Waals surface area contributed by atoms with Crippen molar-refractivity contribution in [2.45, 2.75) is 51.5 Å². The summed E-state index contributed by atoms with van der Waals surface area (Å²) < 4.78 is 94.3. The lowest BCUT2D eigenvalue weighted by Gasteiger charge is -2.41. The summed E-state index contributed by atoms with van der Waals surface area (Å²) in [5.41, 5.74) is 0. The number of fused-ring (bicyclic) bond motifs is 2. The Bertz CT molecular complexity index is 1210. The van der Waals surface area contributed by atoms with Crippen LogP contribution >= 0.6 is 10.3 Å². The molecule has 3 aromatic rings. The molecule has 0 saturated heterocycles. The van der Waals surface area contributed by atoms with Crippen LogP contribution in [0.4, 0.5) is 17.6 Å². The Labute approximate surface area is 210 Å². The van der Waals surface area contributed by atoms with Gasteiger partial charge in [-0.05, 0) is 77.8 Å². The Kier molecular flexibility index (Phi) is 6.46. The van der Waals surface area contributed by atoms with E-state index in [0.717, 1.165) is 6.42 Å². The summed E-state index contributed by atoms with van der Waals surface area (Å²) in [5, 5.41) is -5.41. The molecule has 2 saturated carbocycles. The first kappa shape index (κ1) is 25.3. The fraction of sp³-hybridized carbons (Fsp3) is 0.333.